The lowest BCUT2D eigenvalue weighted by Crippen LogP contribution is -2.25. The highest BCUT2D eigenvalue weighted by Gasteiger charge is 2.16. The van der Waals surface area contributed by atoms with Gasteiger partial charge in [-0.2, -0.15) is 0 Å². The van der Waals surface area contributed by atoms with Crippen LogP contribution in [0.2, 0.25) is 0 Å². The molecular weight excluding hydrogens is 230 g/mol. The fourth-order valence-corrected chi connectivity index (χ4v) is 1.85. The molecule has 0 saturated carbocycles. The summed E-state index contributed by atoms with van der Waals surface area (Å²) in [6.07, 6.45) is 2.11. The highest BCUT2D eigenvalue weighted by molar-refractivity contribution is 7.89. The predicted octanol–water partition coefficient (Wildman–Crippen LogP) is -0.0882. The molecule has 4 N–H and O–H groups in total. The van der Waals surface area contributed by atoms with Crippen molar-refractivity contribution >= 4 is 15.8 Å². The molecule has 1 atom stereocenters. The Balaban J connectivity index is 3.05. The van der Waals surface area contributed by atoms with Gasteiger partial charge in [0.15, 0.2) is 0 Å². The van der Waals surface area contributed by atoms with Gasteiger partial charge in [-0.15, -0.1) is 0 Å². The van der Waals surface area contributed by atoms with E-state index in [2.05, 4.69) is 10.3 Å². The smallest absolute Gasteiger partial charge is 0.241 e. The highest BCUT2D eigenvalue weighted by atomic mass is 32.2. The van der Waals surface area contributed by atoms with Gasteiger partial charge < -0.3 is 10.4 Å². The van der Waals surface area contributed by atoms with Crippen molar-refractivity contribution in [2.24, 2.45) is 5.14 Å². The maximum Gasteiger partial charge on any atom is 0.241 e. The molecule has 1 aromatic heterocycles. The van der Waals surface area contributed by atoms with E-state index in [0.717, 1.165) is 0 Å². The molecule has 0 aliphatic rings. The number of nitrogens with one attached hydrogen (secondary N) is 1. The number of hydrogen-bond acceptors (Lipinski definition) is 5. The zero-order valence-electron chi connectivity index (χ0n) is 8.92. The molecular formula is C9H15N3O3S. The summed E-state index contributed by atoms with van der Waals surface area (Å²) in [6, 6.07) is 2.62. The number of primary sulfonamides is 1. The summed E-state index contributed by atoms with van der Waals surface area (Å²) >= 11 is 0. The van der Waals surface area contributed by atoms with Crippen LogP contribution in [-0.4, -0.2) is 31.2 Å². The first-order chi connectivity index (χ1) is 7.49. The minimum Gasteiger partial charge on any atom is -0.394 e. The molecule has 0 aromatic carbocycles. The predicted molar refractivity (Wildman–Crippen MR) is 60.4 cm³/mol. The Bertz CT molecular complexity index is 443. The normalized spacial score (nSPS) is 13.4. The first kappa shape index (κ1) is 12.9. The Kier molecular flexibility index (Phi) is 4.22. The molecule has 0 radical (unpaired) electrons. The maximum atomic E-state index is 11.2. The standard InChI is InChI=1S/C9H15N3O3S/c1-2-7(6-13)12-9-8(16(10,14)15)4-3-5-11-9/h3-5,7,13H,2,6H2,1H3,(H,11,12)(H2,10,14,15)/t7-/m0/s1. The molecule has 90 valence electrons. The zero-order chi connectivity index (χ0) is 12.2. The fraction of sp³-hybridized carbons (Fsp3) is 0.444. The molecule has 7 heteroatoms. The molecule has 0 saturated heterocycles. The topological polar surface area (TPSA) is 105 Å². The number of sulfonamides is 1. The van der Waals surface area contributed by atoms with Gasteiger partial charge in [0.05, 0.1) is 12.6 Å². The molecule has 0 amide bonds. The number of rotatable bonds is 5. The van der Waals surface area contributed by atoms with Gasteiger partial charge >= 0.3 is 0 Å². The van der Waals surface area contributed by atoms with Gasteiger partial charge in [0.25, 0.3) is 0 Å². The summed E-state index contributed by atoms with van der Waals surface area (Å²) in [4.78, 5) is 3.83. The van der Waals surface area contributed by atoms with Gasteiger partial charge in [0, 0.05) is 6.20 Å². The Morgan fingerprint density at radius 2 is 2.31 bits per heavy atom. The first-order valence-electron chi connectivity index (χ1n) is 4.84. The van der Waals surface area contributed by atoms with E-state index in [1.165, 1.54) is 18.3 Å². The van der Waals surface area contributed by atoms with Crippen molar-refractivity contribution in [3.05, 3.63) is 18.3 Å². The van der Waals surface area contributed by atoms with E-state index in [1.807, 2.05) is 6.92 Å². The molecule has 1 rings (SSSR count). The third kappa shape index (κ3) is 3.16. The fourth-order valence-electron chi connectivity index (χ4n) is 1.20. The summed E-state index contributed by atoms with van der Waals surface area (Å²) in [5, 5.41) is 16.9. The van der Waals surface area contributed by atoms with E-state index in [-0.39, 0.29) is 23.4 Å². The molecule has 0 spiro atoms. The number of nitrogens with zero attached hydrogens (tertiary/aromatic N) is 1. The molecule has 16 heavy (non-hydrogen) atoms. The van der Waals surface area contributed by atoms with Gasteiger partial charge in [-0.1, -0.05) is 6.92 Å². The second kappa shape index (κ2) is 5.24. The van der Waals surface area contributed by atoms with E-state index in [4.69, 9.17) is 10.2 Å². The summed E-state index contributed by atoms with van der Waals surface area (Å²) in [5.74, 6) is 0.172. The van der Waals surface area contributed by atoms with Crippen molar-refractivity contribution in [2.75, 3.05) is 11.9 Å². The van der Waals surface area contributed by atoms with Crippen LogP contribution in [-0.2, 0) is 10.0 Å². The van der Waals surface area contributed by atoms with Gasteiger partial charge in [-0.25, -0.2) is 18.5 Å². The first-order valence-corrected chi connectivity index (χ1v) is 6.39. The maximum absolute atomic E-state index is 11.2. The van der Waals surface area contributed by atoms with Crippen molar-refractivity contribution in [3.63, 3.8) is 0 Å². The minimum absolute atomic E-state index is 0.0677. The van der Waals surface area contributed by atoms with E-state index >= 15 is 0 Å². The summed E-state index contributed by atoms with van der Waals surface area (Å²) < 4.78 is 22.5. The number of nitrogens with two attached hydrogens (primary N) is 1. The average Bonchev–Trinajstić information content (AvgIpc) is 2.25. The number of hydrogen-bond donors (Lipinski definition) is 3. The second-order valence-electron chi connectivity index (χ2n) is 3.33. The van der Waals surface area contributed by atoms with E-state index in [9.17, 15) is 8.42 Å². The van der Waals surface area contributed by atoms with E-state index in [0.29, 0.717) is 6.42 Å². The summed E-state index contributed by atoms with van der Waals surface area (Å²) in [6.45, 7) is 1.77. The number of anilines is 1. The molecule has 0 aliphatic carbocycles. The van der Waals surface area contributed by atoms with Crippen LogP contribution in [0.5, 0.6) is 0 Å². The Hall–Kier alpha value is -1.18. The number of aliphatic hydroxyl groups is 1. The van der Waals surface area contributed by atoms with Crippen molar-refractivity contribution in [1.29, 1.82) is 0 Å². The Labute approximate surface area is 94.6 Å². The van der Waals surface area contributed by atoms with Gasteiger partial charge in [0.1, 0.15) is 10.7 Å². The largest absolute Gasteiger partial charge is 0.394 e. The number of aromatic nitrogens is 1. The average molecular weight is 245 g/mol. The molecule has 1 aromatic rings. The molecule has 0 fully saturated rings. The Morgan fingerprint density at radius 3 is 2.81 bits per heavy atom. The molecule has 0 aliphatic heterocycles. The lowest BCUT2D eigenvalue weighted by Gasteiger charge is -2.16. The molecule has 6 nitrogen and oxygen atoms in total. The van der Waals surface area contributed by atoms with Crippen LogP contribution in [0.4, 0.5) is 5.82 Å². The van der Waals surface area contributed by atoms with Crippen molar-refractivity contribution < 1.29 is 13.5 Å². The van der Waals surface area contributed by atoms with Crippen LogP contribution in [0.25, 0.3) is 0 Å². The monoisotopic (exact) mass is 245 g/mol. The summed E-state index contributed by atoms with van der Waals surface area (Å²) in [5.41, 5.74) is 0. The molecule has 0 bridgehead atoms. The van der Waals surface area contributed by atoms with Crippen LogP contribution in [0.15, 0.2) is 23.2 Å². The third-order valence-electron chi connectivity index (χ3n) is 2.13. The van der Waals surface area contributed by atoms with Crippen molar-refractivity contribution in [2.45, 2.75) is 24.3 Å². The Morgan fingerprint density at radius 1 is 1.62 bits per heavy atom. The van der Waals surface area contributed by atoms with Crippen LogP contribution in [0.3, 0.4) is 0 Å². The van der Waals surface area contributed by atoms with Gasteiger partial charge in [0.2, 0.25) is 10.0 Å². The molecule has 0 unspecified atom stereocenters. The number of pyridine rings is 1. The van der Waals surface area contributed by atoms with Gasteiger partial charge in [-0.3, -0.25) is 0 Å². The van der Waals surface area contributed by atoms with Crippen LogP contribution < -0.4 is 10.5 Å². The number of aliphatic hydroxyl groups excluding tert-OH is 1. The second-order valence-corrected chi connectivity index (χ2v) is 4.86. The van der Waals surface area contributed by atoms with E-state index in [1.54, 1.807) is 0 Å². The highest BCUT2D eigenvalue weighted by Crippen LogP contribution is 2.17. The summed E-state index contributed by atoms with van der Waals surface area (Å²) in [7, 11) is -3.80. The quantitative estimate of drug-likeness (QED) is 0.672. The van der Waals surface area contributed by atoms with E-state index < -0.39 is 10.0 Å². The SMILES string of the molecule is CC[C@@H](CO)Nc1ncccc1S(N)(=O)=O. The van der Waals surface area contributed by atoms with Crippen LogP contribution in [0, 0.1) is 0 Å². The lowest BCUT2D eigenvalue weighted by atomic mass is 10.2. The minimum atomic E-state index is -3.80. The van der Waals surface area contributed by atoms with Crippen molar-refractivity contribution in [3.8, 4) is 0 Å². The van der Waals surface area contributed by atoms with Crippen LogP contribution >= 0.6 is 0 Å². The molecule has 1 heterocycles. The van der Waals surface area contributed by atoms with Crippen molar-refractivity contribution in [1.82, 2.24) is 4.98 Å². The zero-order valence-corrected chi connectivity index (χ0v) is 9.74. The third-order valence-corrected chi connectivity index (χ3v) is 3.07. The lowest BCUT2D eigenvalue weighted by molar-refractivity contribution is 0.271. The van der Waals surface area contributed by atoms with Gasteiger partial charge in [-0.05, 0) is 18.6 Å². The van der Waals surface area contributed by atoms with Crippen LogP contribution in [0.1, 0.15) is 13.3 Å².